The minimum atomic E-state index is 0.0489. The van der Waals surface area contributed by atoms with Gasteiger partial charge in [0.25, 0.3) is 5.91 Å². The first kappa shape index (κ1) is 14.5. The molecule has 1 aromatic carbocycles. The largest absolute Gasteiger partial charge is 0.352 e. The molecule has 21 heavy (non-hydrogen) atoms. The van der Waals surface area contributed by atoms with Crippen molar-refractivity contribution >= 4 is 27.3 Å². The van der Waals surface area contributed by atoms with Gasteiger partial charge in [-0.05, 0) is 19.0 Å². The van der Waals surface area contributed by atoms with Crippen LogP contribution in [0.3, 0.4) is 0 Å². The van der Waals surface area contributed by atoms with E-state index in [1.807, 2.05) is 23.6 Å². The van der Waals surface area contributed by atoms with E-state index in [9.17, 15) is 4.79 Å². The highest BCUT2D eigenvalue weighted by Crippen LogP contribution is 2.25. The maximum absolute atomic E-state index is 12.2. The summed E-state index contributed by atoms with van der Waals surface area (Å²) in [6.45, 7) is 6.19. The van der Waals surface area contributed by atoms with Crippen LogP contribution in [-0.4, -0.2) is 50.1 Å². The average Bonchev–Trinajstić information content (AvgIpc) is 2.96. The number of amides is 1. The fraction of sp³-hybridized carbons (Fsp3) is 0.438. The quantitative estimate of drug-likeness (QED) is 0.830. The molecule has 1 saturated heterocycles. The normalized spacial score (nSPS) is 16.2. The van der Waals surface area contributed by atoms with Crippen LogP contribution < -0.4 is 10.6 Å². The van der Waals surface area contributed by atoms with E-state index < -0.39 is 0 Å². The fourth-order valence-corrected chi connectivity index (χ4v) is 3.63. The minimum absolute atomic E-state index is 0.0489. The molecule has 2 N–H and O–H groups in total. The van der Waals surface area contributed by atoms with Crippen LogP contribution in [0.2, 0.25) is 0 Å². The van der Waals surface area contributed by atoms with Gasteiger partial charge in [0.2, 0.25) is 0 Å². The number of rotatable bonds is 5. The number of benzene rings is 1. The predicted octanol–water partition coefficient (Wildman–Crippen LogP) is 1.93. The van der Waals surface area contributed by atoms with E-state index in [2.05, 4.69) is 21.6 Å². The van der Waals surface area contributed by atoms with Crippen LogP contribution in [0.5, 0.6) is 0 Å². The van der Waals surface area contributed by atoms with Crippen molar-refractivity contribution in [2.45, 2.75) is 6.42 Å². The van der Waals surface area contributed by atoms with E-state index in [4.69, 9.17) is 0 Å². The molecular formula is C16H21N3OS. The van der Waals surface area contributed by atoms with Gasteiger partial charge in [-0.3, -0.25) is 4.79 Å². The number of thiophene rings is 1. The van der Waals surface area contributed by atoms with E-state index >= 15 is 0 Å². The third kappa shape index (κ3) is 3.61. The molecule has 0 atom stereocenters. The van der Waals surface area contributed by atoms with Crippen molar-refractivity contribution < 1.29 is 4.79 Å². The molecule has 4 nitrogen and oxygen atoms in total. The molecule has 0 bridgehead atoms. The number of hydrogen-bond donors (Lipinski definition) is 2. The standard InChI is InChI=1S/C16H21N3OS/c20-16(14-12-21-15-5-2-1-4-13(14)15)18-6-3-9-19-10-7-17-8-11-19/h1-2,4-5,12,17H,3,6-11H2,(H,18,20). The molecule has 1 fully saturated rings. The van der Waals surface area contributed by atoms with E-state index in [1.165, 1.54) is 4.70 Å². The molecule has 0 aliphatic carbocycles. The number of nitrogens with one attached hydrogen (secondary N) is 2. The van der Waals surface area contributed by atoms with Crippen molar-refractivity contribution in [2.75, 3.05) is 39.3 Å². The van der Waals surface area contributed by atoms with Gasteiger partial charge in [-0.2, -0.15) is 0 Å². The van der Waals surface area contributed by atoms with E-state index in [-0.39, 0.29) is 5.91 Å². The third-order valence-electron chi connectivity index (χ3n) is 3.87. The SMILES string of the molecule is O=C(NCCCN1CCNCC1)c1csc2ccccc12. The number of nitrogens with zero attached hydrogens (tertiary/aromatic N) is 1. The van der Waals surface area contributed by atoms with Crippen LogP contribution in [0.15, 0.2) is 29.6 Å². The Morgan fingerprint density at radius 2 is 2.10 bits per heavy atom. The molecule has 2 aromatic rings. The monoisotopic (exact) mass is 303 g/mol. The van der Waals surface area contributed by atoms with Gasteiger partial charge in [0.05, 0.1) is 5.56 Å². The molecule has 1 aliphatic rings. The molecule has 1 amide bonds. The van der Waals surface area contributed by atoms with Gasteiger partial charge in [0.15, 0.2) is 0 Å². The summed E-state index contributed by atoms with van der Waals surface area (Å²) in [5.74, 6) is 0.0489. The van der Waals surface area contributed by atoms with Gasteiger partial charge in [0.1, 0.15) is 0 Å². The molecule has 0 unspecified atom stereocenters. The summed E-state index contributed by atoms with van der Waals surface area (Å²) in [4.78, 5) is 14.7. The first-order chi connectivity index (χ1) is 10.3. The summed E-state index contributed by atoms with van der Waals surface area (Å²) in [5, 5.41) is 9.40. The summed E-state index contributed by atoms with van der Waals surface area (Å²) in [6, 6.07) is 8.06. The van der Waals surface area contributed by atoms with Crippen LogP contribution >= 0.6 is 11.3 Å². The molecule has 5 heteroatoms. The highest BCUT2D eigenvalue weighted by atomic mass is 32.1. The number of carbonyl (C=O) groups is 1. The second kappa shape index (κ2) is 7.02. The fourth-order valence-electron chi connectivity index (χ4n) is 2.69. The van der Waals surface area contributed by atoms with Crippen LogP contribution in [0.4, 0.5) is 0 Å². The maximum Gasteiger partial charge on any atom is 0.252 e. The van der Waals surface area contributed by atoms with Crippen molar-refractivity contribution in [1.29, 1.82) is 0 Å². The molecule has 2 heterocycles. The lowest BCUT2D eigenvalue weighted by atomic mass is 10.1. The molecule has 1 aromatic heterocycles. The zero-order chi connectivity index (χ0) is 14.5. The smallest absolute Gasteiger partial charge is 0.252 e. The predicted molar refractivity (Wildman–Crippen MR) is 88.1 cm³/mol. The van der Waals surface area contributed by atoms with Crippen LogP contribution in [0, 0.1) is 0 Å². The van der Waals surface area contributed by atoms with Crippen molar-refractivity contribution in [3.05, 3.63) is 35.2 Å². The maximum atomic E-state index is 12.2. The first-order valence-electron chi connectivity index (χ1n) is 7.52. The Hall–Kier alpha value is -1.43. The Bertz CT molecular complexity index is 604. The first-order valence-corrected chi connectivity index (χ1v) is 8.40. The molecule has 0 spiro atoms. The lowest BCUT2D eigenvalue weighted by Gasteiger charge is -2.27. The third-order valence-corrected chi connectivity index (χ3v) is 4.84. The Balaban J connectivity index is 1.48. The van der Waals surface area contributed by atoms with Crippen molar-refractivity contribution in [3.63, 3.8) is 0 Å². The summed E-state index contributed by atoms with van der Waals surface area (Å²) < 4.78 is 1.17. The number of fused-ring (bicyclic) bond motifs is 1. The van der Waals surface area contributed by atoms with E-state index in [0.29, 0.717) is 0 Å². The summed E-state index contributed by atoms with van der Waals surface area (Å²) in [6.07, 6.45) is 1.01. The summed E-state index contributed by atoms with van der Waals surface area (Å²) >= 11 is 1.63. The van der Waals surface area contributed by atoms with Gasteiger partial charge >= 0.3 is 0 Å². The highest BCUT2D eigenvalue weighted by molar-refractivity contribution is 7.17. The van der Waals surface area contributed by atoms with Crippen molar-refractivity contribution in [2.24, 2.45) is 0 Å². The van der Waals surface area contributed by atoms with Gasteiger partial charge < -0.3 is 15.5 Å². The topological polar surface area (TPSA) is 44.4 Å². The Morgan fingerprint density at radius 3 is 2.95 bits per heavy atom. The molecular weight excluding hydrogens is 282 g/mol. The van der Waals surface area contributed by atoms with Gasteiger partial charge in [0, 0.05) is 48.2 Å². The molecule has 0 saturated carbocycles. The molecule has 3 rings (SSSR count). The Labute approximate surface area is 129 Å². The summed E-state index contributed by atoms with van der Waals surface area (Å²) in [5.41, 5.74) is 0.803. The zero-order valence-electron chi connectivity index (χ0n) is 12.1. The van der Waals surface area contributed by atoms with E-state index in [0.717, 1.165) is 56.6 Å². The zero-order valence-corrected chi connectivity index (χ0v) is 12.9. The van der Waals surface area contributed by atoms with Crippen LogP contribution in [0.1, 0.15) is 16.8 Å². The number of piperazine rings is 1. The second-order valence-electron chi connectivity index (χ2n) is 5.35. The molecule has 1 aliphatic heterocycles. The van der Waals surface area contributed by atoms with Crippen LogP contribution in [0.25, 0.3) is 10.1 Å². The van der Waals surface area contributed by atoms with E-state index in [1.54, 1.807) is 11.3 Å². The number of carbonyl (C=O) groups excluding carboxylic acids is 1. The lowest BCUT2D eigenvalue weighted by Crippen LogP contribution is -2.44. The van der Waals surface area contributed by atoms with Crippen molar-refractivity contribution in [1.82, 2.24) is 15.5 Å². The van der Waals surface area contributed by atoms with Crippen molar-refractivity contribution in [3.8, 4) is 0 Å². The Morgan fingerprint density at radius 1 is 1.29 bits per heavy atom. The van der Waals surface area contributed by atoms with Crippen LogP contribution in [-0.2, 0) is 0 Å². The lowest BCUT2D eigenvalue weighted by molar-refractivity contribution is 0.0953. The van der Waals surface area contributed by atoms with Gasteiger partial charge in [-0.15, -0.1) is 11.3 Å². The highest BCUT2D eigenvalue weighted by Gasteiger charge is 2.12. The Kier molecular flexibility index (Phi) is 4.85. The summed E-state index contributed by atoms with van der Waals surface area (Å²) in [7, 11) is 0. The molecule has 0 radical (unpaired) electrons. The number of hydrogen-bond acceptors (Lipinski definition) is 4. The minimum Gasteiger partial charge on any atom is -0.352 e. The van der Waals surface area contributed by atoms with Gasteiger partial charge in [-0.1, -0.05) is 18.2 Å². The molecule has 112 valence electrons. The average molecular weight is 303 g/mol. The second-order valence-corrected chi connectivity index (χ2v) is 6.26. The van der Waals surface area contributed by atoms with Gasteiger partial charge in [-0.25, -0.2) is 0 Å².